The predicted molar refractivity (Wildman–Crippen MR) is 95.4 cm³/mol. The number of para-hydroxylation sites is 1. The minimum atomic E-state index is -0.584. The highest BCUT2D eigenvalue weighted by Crippen LogP contribution is 2.22. The maximum absolute atomic E-state index is 11.9. The normalized spacial score (nSPS) is 11.0. The second-order valence-electron chi connectivity index (χ2n) is 4.89. The van der Waals surface area contributed by atoms with Crippen molar-refractivity contribution in [1.82, 2.24) is 4.98 Å². The SMILES string of the molecule is O=C(/C=C/c1cccc2cccnc12)OCC(=O)c1ccc(Cl)s1. The van der Waals surface area contributed by atoms with Crippen LogP contribution in [0.15, 0.2) is 54.7 Å². The molecule has 2 aromatic heterocycles. The number of esters is 1. The number of carbonyl (C=O) groups excluding carboxylic acids is 2. The third kappa shape index (κ3) is 3.88. The molecule has 6 heteroatoms. The molecule has 0 aliphatic carbocycles. The lowest BCUT2D eigenvalue weighted by molar-refractivity contribution is -0.136. The maximum Gasteiger partial charge on any atom is 0.331 e. The zero-order chi connectivity index (χ0) is 16.9. The van der Waals surface area contributed by atoms with E-state index in [4.69, 9.17) is 16.3 Å². The van der Waals surface area contributed by atoms with Crippen LogP contribution >= 0.6 is 22.9 Å². The molecule has 0 atom stereocenters. The van der Waals surface area contributed by atoms with Crippen molar-refractivity contribution in [1.29, 1.82) is 0 Å². The number of halogens is 1. The third-order valence-corrected chi connectivity index (χ3v) is 4.53. The molecular formula is C18H12ClNO3S. The van der Waals surface area contributed by atoms with Crippen molar-refractivity contribution < 1.29 is 14.3 Å². The first-order chi connectivity index (χ1) is 11.6. The molecule has 3 aromatic rings. The molecule has 0 unspecified atom stereocenters. The molecule has 0 bridgehead atoms. The summed E-state index contributed by atoms with van der Waals surface area (Å²) in [5.41, 5.74) is 1.61. The van der Waals surface area contributed by atoms with Gasteiger partial charge in [-0.1, -0.05) is 35.9 Å². The molecule has 0 fully saturated rings. The third-order valence-electron chi connectivity index (χ3n) is 3.26. The van der Waals surface area contributed by atoms with Crippen LogP contribution in [0.25, 0.3) is 17.0 Å². The standard InChI is InChI=1S/C18H12ClNO3S/c19-16-8-7-15(24-16)14(21)11-23-17(22)9-6-13-4-1-3-12-5-2-10-20-18(12)13/h1-10H,11H2/b9-6+. The number of nitrogens with zero attached hydrogens (tertiary/aromatic N) is 1. The van der Waals surface area contributed by atoms with Crippen LogP contribution in [0.1, 0.15) is 15.2 Å². The van der Waals surface area contributed by atoms with Gasteiger partial charge in [0.25, 0.3) is 0 Å². The van der Waals surface area contributed by atoms with E-state index in [1.165, 1.54) is 6.08 Å². The number of thiophene rings is 1. The number of ketones is 1. The molecule has 1 aromatic carbocycles. The van der Waals surface area contributed by atoms with Crippen molar-refractivity contribution >= 4 is 51.7 Å². The predicted octanol–water partition coefficient (Wildman–Crippen LogP) is 4.39. The first-order valence-corrected chi connectivity index (χ1v) is 8.30. The summed E-state index contributed by atoms with van der Waals surface area (Å²) < 4.78 is 5.49. The Morgan fingerprint density at radius 1 is 1.17 bits per heavy atom. The van der Waals surface area contributed by atoms with Crippen LogP contribution < -0.4 is 0 Å². The number of carbonyl (C=O) groups is 2. The number of pyridine rings is 1. The lowest BCUT2D eigenvalue weighted by atomic mass is 10.1. The average Bonchev–Trinajstić information content (AvgIpc) is 3.04. The fourth-order valence-corrected chi connectivity index (χ4v) is 3.11. The van der Waals surface area contributed by atoms with Gasteiger partial charge in [0, 0.05) is 23.2 Å². The van der Waals surface area contributed by atoms with E-state index in [9.17, 15) is 9.59 Å². The Labute approximate surface area is 147 Å². The van der Waals surface area contributed by atoms with Crippen LogP contribution in [-0.4, -0.2) is 23.3 Å². The van der Waals surface area contributed by atoms with E-state index in [-0.39, 0.29) is 12.4 Å². The van der Waals surface area contributed by atoms with E-state index in [0.717, 1.165) is 27.8 Å². The molecule has 2 heterocycles. The van der Waals surface area contributed by atoms with E-state index in [1.54, 1.807) is 24.4 Å². The summed E-state index contributed by atoms with van der Waals surface area (Å²) in [6, 6.07) is 12.7. The van der Waals surface area contributed by atoms with Gasteiger partial charge < -0.3 is 4.74 Å². The van der Waals surface area contributed by atoms with Gasteiger partial charge in [0.15, 0.2) is 6.61 Å². The Hall–Kier alpha value is -2.50. The van der Waals surface area contributed by atoms with Gasteiger partial charge in [0.05, 0.1) is 14.7 Å². The summed E-state index contributed by atoms with van der Waals surface area (Å²) in [4.78, 5) is 28.4. The van der Waals surface area contributed by atoms with Gasteiger partial charge in [-0.2, -0.15) is 0 Å². The number of benzene rings is 1. The first-order valence-electron chi connectivity index (χ1n) is 7.10. The van der Waals surface area contributed by atoms with Gasteiger partial charge in [-0.05, 0) is 24.3 Å². The molecule has 0 radical (unpaired) electrons. The Morgan fingerprint density at radius 3 is 2.79 bits per heavy atom. The van der Waals surface area contributed by atoms with Gasteiger partial charge in [0.1, 0.15) is 0 Å². The molecule has 0 saturated carbocycles. The van der Waals surface area contributed by atoms with Crippen molar-refractivity contribution in [2.75, 3.05) is 6.61 Å². The van der Waals surface area contributed by atoms with Crippen molar-refractivity contribution in [3.05, 3.63) is 69.5 Å². The molecule has 120 valence electrons. The van der Waals surface area contributed by atoms with E-state index >= 15 is 0 Å². The maximum atomic E-state index is 11.9. The van der Waals surface area contributed by atoms with E-state index in [0.29, 0.717) is 9.21 Å². The van der Waals surface area contributed by atoms with Gasteiger partial charge in [0.2, 0.25) is 5.78 Å². The molecule has 0 aliphatic heterocycles. The van der Waals surface area contributed by atoms with Crippen molar-refractivity contribution in [2.24, 2.45) is 0 Å². The molecular weight excluding hydrogens is 346 g/mol. The molecule has 0 amide bonds. The summed E-state index contributed by atoms with van der Waals surface area (Å²) in [5, 5.41) is 0.984. The van der Waals surface area contributed by atoms with Crippen LogP contribution in [0.3, 0.4) is 0 Å². The van der Waals surface area contributed by atoms with Crippen molar-refractivity contribution in [2.45, 2.75) is 0 Å². The molecule has 24 heavy (non-hydrogen) atoms. The molecule has 0 spiro atoms. The molecule has 0 aliphatic rings. The zero-order valence-corrected chi connectivity index (χ0v) is 14.0. The van der Waals surface area contributed by atoms with Crippen molar-refractivity contribution in [3.63, 3.8) is 0 Å². The second-order valence-corrected chi connectivity index (χ2v) is 6.61. The molecule has 3 rings (SSSR count). The summed E-state index contributed by atoms with van der Waals surface area (Å²) in [6.07, 6.45) is 4.62. The summed E-state index contributed by atoms with van der Waals surface area (Å²) >= 11 is 6.93. The Bertz CT molecular complexity index is 927. The van der Waals surface area contributed by atoms with Crippen molar-refractivity contribution in [3.8, 4) is 0 Å². The number of fused-ring (bicyclic) bond motifs is 1. The largest absolute Gasteiger partial charge is 0.454 e. The fraction of sp³-hybridized carbons (Fsp3) is 0.0556. The fourth-order valence-electron chi connectivity index (χ4n) is 2.14. The van der Waals surface area contributed by atoms with Gasteiger partial charge in [-0.15, -0.1) is 11.3 Å². The smallest absolute Gasteiger partial charge is 0.331 e. The van der Waals surface area contributed by atoms with E-state index in [1.807, 2.05) is 30.3 Å². The van der Waals surface area contributed by atoms with Crippen LogP contribution in [0.4, 0.5) is 0 Å². The van der Waals surface area contributed by atoms with Crippen LogP contribution in [0.5, 0.6) is 0 Å². The van der Waals surface area contributed by atoms with Crippen LogP contribution in [-0.2, 0) is 9.53 Å². The van der Waals surface area contributed by atoms with Crippen LogP contribution in [0, 0.1) is 0 Å². The number of Topliss-reactive ketones (excluding diaryl/α,β-unsaturated/α-hetero) is 1. The van der Waals surface area contributed by atoms with E-state index in [2.05, 4.69) is 4.98 Å². The summed E-state index contributed by atoms with van der Waals surface area (Å²) in [7, 11) is 0. The average molecular weight is 358 g/mol. The molecule has 0 saturated heterocycles. The summed E-state index contributed by atoms with van der Waals surface area (Å²) in [5.74, 6) is -0.862. The topological polar surface area (TPSA) is 56.3 Å². The first kappa shape index (κ1) is 16.4. The van der Waals surface area contributed by atoms with Gasteiger partial charge in [-0.3, -0.25) is 9.78 Å². The Kier molecular flexibility index (Phi) is 5.03. The van der Waals surface area contributed by atoms with E-state index < -0.39 is 5.97 Å². The quantitative estimate of drug-likeness (QED) is 0.386. The number of aromatic nitrogens is 1. The zero-order valence-electron chi connectivity index (χ0n) is 12.4. The number of hydrogen-bond donors (Lipinski definition) is 0. The highest BCUT2D eigenvalue weighted by atomic mass is 35.5. The second kappa shape index (κ2) is 7.38. The highest BCUT2D eigenvalue weighted by Gasteiger charge is 2.11. The minimum Gasteiger partial charge on any atom is -0.454 e. The minimum absolute atomic E-state index is 0.277. The number of ether oxygens (including phenoxy) is 1. The number of rotatable bonds is 5. The molecule has 4 nitrogen and oxygen atoms in total. The lowest BCUT2D eigenvalue weighted by Crippen LogP contribution is -2.11. The van der Waals surface area contributed by atoms with Gasteiger partial charge >= 0.3 is 5.97 Å². The highest BCUT2D eigenvalue weighted by molar-refractivity contribution is 7.18. The Morgan fingerprint density at radius 2 is 2.00 bits per heavy atom. The molecule has 0 N–H and O–H groups in total. The lowest BCUT2D eigenvalue weighted by Gasteiger charge is -2.01. The summed E-state index contributed by atoms with van der Waals surface area (Å²) in [6.45, 7) is -0.312. The monoisotopic (exact) mass is 357 g/mol. The van der Waals surface area contributed by atoms with Gasteiger partial charge in [-0.25, -0.2) is 4.79 Å². The number of hydrogen-bond acceptors (Lipinski definition) is 5. The van der Waals surface area contributed by atoms with Crippen LogP contribution in [0.2, 0.25) is 4.34 Å². The Balaban J connectivity index is 1.64.